The smallest absolute Gasteiger partial charge is 0.252 e. The minimum Gasteiger partial charge on any atom is -0.365 e. The van der Waals surface area contributed by atoms with Crippen molar-refractivity contribution in [2.45, 2.75) is 51.1 Å². The van der Waals surface area contributed by atoms with Gasteiger partial charge in [0.1, 0.15) is 5.82 Å². The first kappa shape index (κ1) is 18.9. The summed E-state index contributed by atoms with van der Waals surface area (Å²) in [6.45, 7) is 4.87. The van der Waals surface area contributed by atoms with Crippen molar-refractivity contribution in [1.29, 1.82) is 0 Å². The summed E-state index contributed by atoms with van der Waals surface area (Å²) in [5.74, 6) is 0.258. The first-order valence-corrected chi connectivity index (χ1v) is 10.3. The van der Waals surface area contributed by atoms with Gasteiger partial charge in [0, 0.05) is 25.8 Å². The highest BCUT2D eigenvalue weighted by Crippen LogP contribution is 2.27. The van der Waals surface area contributed by atoms with Crippen molar-refractivity contribution in [3.05, 3.63) is 35.8 Å². The van der Waals surface area contributed by atoms with Crippen molar-refractivity contribution in [2.75, 3.05) is 31.1 Å². The molecule has 8 heteroatoms. The third-order valence-electron chi connectivity index (χ3n) is 5.83. The number of nitrogens with zero attached hydrogens (tertiary/aromatic N) is 6. The highest BCUT2D eigenvalue weighted by molar-refractivity contribution is 5.97. The Kier molecular flexibility index (Phi) is 5.85. The normalized spacial score (nSPS) is 19.5. The second-order valence-corrected chi connectivity index (χ2v) is 7.84. The molecule has 0 unspecified atom stereocenters. The number of piperidine rings is 1. The number of pyridine rings is 1. The van der Waals surface area contributed by atoms with E-state index in [4.69, 9.17) is 5.73 Å². The van der Waals surface area contributed by atoms with Gasteiger partial charge in [-0.25, -0.2) is 9.67 Å². The molecule has 8 nitrogen and oxygen atoms in total. The van der Waals surface area contributed by atoms with E-state index < -0.39 is 5.91 Å². The van der Waals surface area contributed by atoms with Crippen molar-refractivity contribution < 1.29 is 4.79 Å². The summed E-state index contributed by atoms with van der Waals surface area (Å²) in [7, 11) is 0. The number of carbonyl (C=O) groups excluding carboxylic acids is 1. The van der Waals surface area contributed by atoms with E-state index in [-0.39, 0.29) is 0 Å². The minimum atomic E-state index is -0.431. The molecule has 4 rings (SSSR count). The van der Waals surface area contributed by atoms with Crippen LogP contribution in [0.4, 0.5) is 5.82 Å². The molecule has 28 heavy (non-hydrogen) atoms. The van der Waals surface area contributed by atoms with Crippen LogP contribution < -0.4 is 10.6 Å². The van der Waals surface area contributed by atoms with Crippen molar-refractivity contribution >= 4 is 11.7 Å². The highest BCUT2D eigenvalue weighted by Gasteiger charge is 2.25. The molecule has 2 fully saturated rings. The lowest BCUT2D eigenvalue weighted by Crippen LogP contribution is -2.36. The van der Waals surface area contributed by atoms with E-state index in [0.717, 1.165) is 51.3 Å². The van der Waals surface area contributed by atoms with Gasteiger partial charge in [0.2, 0.25) is 0 Å². The minimum absolute atomic E-state index is 0.336. The maximum absolute atomic E-state index is 11.7. The van der Waals surface area contributed by atoms with Gasteiger partial charge in [0.25, 0.3) is 5.91 Å². The molecule has 0 radical (unpaired) electrons. The average molecular weight is 384 g/mol. The van der Waals surface area contributed by atoms with Crippen LogP contribution in [0.15, 0.2) is 24.5 Å². The molecule has 0 aromatic carbocycles. The third kappa shape index (κ3) is 4.32. The summed E-state index contributed by atoms with van der Waals surface area (Å²) in [5, 5.41) is 8.82. The van der Waals surface area contributed by atoms with Gasteiger partial charge in [0.05, 0.1) is 23.5 Å². The van der Waals surface area contributed by atoms with Crippen LogP contribution in [0.2, 0.25) is 0 Å². The van der Waals surface area contributed by atoms with Gasteiger partial charge in [-0.15, -0.1) is 5.10 Å². The van der Waals surface area contributed by atoms with Gasteiger partial charge in [-0.1, -0.05) is 18.1 Å². The third-order valence-corrected chi connectivity index (χ3v) is 5.83. The van der Waals surface area contributed by atoms with Gasteiger partial charge in [0.15, 0.2) is 0 Å². The maximum atomic E-state index is 11.7. The van der Waals surface area contributed by atoms with Crippen molar-refractivity contribution in [2.24, 2.45) is 5.73 Å². The van der Waals surface area contributed by atoms with Gasteiger partial charge in [-0.2, -0.15) is 0 Å². The molecule has 0 bridgehead atoms. The standard InChI is InChI=1S/C20H29N7O/c21-19(28)18-6-5-9-22-20(18)26-12-7-17(8-13-26)27-15-16(23-24-27)14-25-10-3-1-2-4-11-25/h5-6,9,15,17H,1-4,7-8,10-14H2,(H2,21,28). The summed E-state index contributed by atoms with van der Waals surface area (Å²) in [6.07, 6.45) is 11.0. The fourth-order valence-corrected chi connectivity index (χ4v) is 4.27. The Morgan fingerprint density at radius 1 is 1.11 bits per heavy atom. The summed E-state index contributed by atoms with van der Waals surface area (Å²) >= 11 is 0. The van der Waals surface area contributed by atoms with Gasteiger partial charge in [-0.3, -0.25) is 9.69 Å². The van der Waals surface area contributed by atoms with Gasteiger partial charge >= 0.3 is 0 Å². The van der Waals surface area contributed by atoms with Crippen LogP contribution in [0.5, 0.6) is 0 Å². The van der Waals surface area contributed by atoms with Crippen LogP contribution in [0.3, 0.4) is 0 Å². The van der Waals surface area contributed by atoms with Crippen LogP contribution >= 0.6 is 0 Å². The average Bonchev–Trinajstić information content (AvgIpc) is 3.03. The molecule has 150 valence electrons. The largest absolute Gasteiger partial charge is 0.365 e. The molecule has 0 saturated carbocycles. The van der Waals surface area contributed by atoms with Crippen molar-refractivity contribution in [3.63, 3.8) is 0 Å². The molecule has 0 spiro atoms. The summed E-state index contributed by atoms with van der Waals surface area (Å²) in [4.78, 5) is 20.7. The quantitative estimate of drug-likeness (QED) is 0.849. The van der Waals surface area contributed by atoms with Crippen LogP contribution in [-0.4, -0.2) is 57.0 Å². The molecule has 4 heterocycles. The number of aromatic nitrogens is 4. The first-order chi connectivity index (χ1) is 13.7. The molecular weight excluding hydrogens is 354 g/mol. The molecule has 2 aromatic heterocycles. The first-order valence-electron chi connectivity index (χ1n) is 10.3. The number of hydrogen-bond donors (Lipinski definition) is 1. The molecular formula is C20H29N7O. The number of primary amides is 1. The zero-order chi connectivity index (χ0) is 19.3. The lowest BCUT2D eigenvalue weighted by atomic mass is 10.0. The van der Waals surface area contributed by atoms with Crippen LogP contribution in [-0.2, 0) is 6.54 Å². The number of carbonyl (C=O) groups is 1. The van der Waals surface area contributed by atoms with Crippen molar-refractivity contribution in [3.8, 4) is 0 Å². The van der Waals surface area contributed by atoms with E-state index >= 15 is 0 Å². The topological polar surface area (TPSA) is 93.2 Å². The van der Waals surface area contributed by atoms with Gasteiger partial charge in [-0.05, 0) is 50.9 Å². The van der Waals surface area contributed by atoms with Crippen LogP contribution in [0.1, 0.15) is 60.6 Å². The van der Waals surface area contributed by atoms with E-state index in [2.05, 4.69) is 31.3 Å². The Morgan fingerprint density at radius 3 is 2.57 bits per heavy atom. The number of likely N-dealkylation sites (tertiary alicyclic amines) is 1. The second-order valence-electron chi connectivity index (χ2n) is 7.84. The number of amides is 1. The molecule has 2 N–H and O–H groups in total. The summed E-state index contributed by atoms with van der Waals surface area (Å²) in [6, 6.07) is 3.82. The molecule has 0 atom stereocenters. The van der Waals surface area contributed by atoms with Crippen molar-refractivity contribution in [1.82, 2.24) is 24.9 Å². The van der Waals surface area contributed by atoms with E-state index in [1.807, 2.05) is 4.68 Å². The van der Waals surface area contributed by atoms with Crippen LogP contribution in [0.25, 0.3) is 0 Å². The molecule has 2 aliphatic rings. The van der Waals surface area contributed by atoms with Gasteiger partial charge < -0.3 is 10.6 Å². The lowest BCUT2D eigenvalue weighted by molar-refractivity contribution is 0.100. The molecule has 2 saturated heterocycles. The fraction of sp³-hybridized carbons (Fsp3) is 0.600. The maximum Gasteiger partial charge on any atom is 0.252 e. The lowest BCUT2D eigenvalue weighted by Gasteiger charge is -2.33. The summed E-state index contributed by atoms with van der Waals surface area (Å²) < 4.78 is 2.03. The number of anilines is 1. The monoisotopic (exact) mass is 383 g/mol. The zero-order valence-electron chi connectivity index (χ0n) is 16.3. The van der Waals surface area contributed by atoms with E-state index in [1.165, 1.54) is 25.7 Å². The Labute approximate surface area is 165 Å². The fourth-order valence-electron chi connectivity index (χ4n) is 4.27. The number of nitrogens with two attached hydrogens (primary N) is 1. The summed E-state index contributed by atoms with van der Waals surface area (Å²) in [5.41, 5.74) is 7.04. The Bertz CT molecular complexity index is 789. The van der Waals surface area contributed by atoms with E-state index in [1.54, 1.807) is 18.3 Å². The molecule has 0 aliphatic carbocycles. The predicted molar refractivity (Wildman–Crippen MR) is 107 cm³/mol. The van der Waals surface area contributed by atoms with E-state index in [0.29, 0.717) is 17.4 Å². The Morgan fingerprint density at radius 2 is 1.86 bits per heavy atom. The molecule has 1 amide bonds. The number of rotatable bonds is 5. The SMILES string of the molecule is NC(=O)c1cccnc1N1CCC(n2cc(CN3CCCCCC3)nn2)CC1. The highest BCUT2D eigenvalue weighted by atomic mass is 16.1. The zero-order valence-corrected chi connectivity index (χ0v) is 16.3. The molecule has 2 aliphatic heterocycles. The number of hydrogen-bond acceptors (Lipinski definition) is 6. The predicted octanol–water partition coefficient (Wildman–Crippen LogP) is 1.99. The van der Waals surface area contributed by atoms with E-state index in [9.17, 15) is 4.79 Å². The Hall–Kier alpha value is -2.48. The molecule has 2 aromatic rings. The van der Waals surface area contributed by atoms with Crippen LogP contribution in [0, 0.1) is 0 Å². The Balaban J connectivity index is 1.35. The second kappa shape index (κ2) is 8.68.